The van der Waals surface area contributed by atoms with Crippen molar-refractivity contribution in [1.29, 1.82) is 0 Å². The molecule has 0 radical (unpaired) electrons. The highest BCUT2D eigenvalue weighted by atomic mass is 79.9. The van der Waals surface area contributed by atoms with Gasteiger partial charge in [-0.05, 0) is 45.8 Å². The molecule has 0 unspecified atom stereocenters. The average molecular weight is 351 g/mol. The third kappa shape index (κ3) is 3.66. The Labute approximate surface area is 129 Å². The second-order valence-electron chi connectivity index (χ2n) is 4.34. The van der Waals surface area contributed by atoms with Crippen molar-refractivity contribution in [3.05, 3.63) is 69.4 Å². The van der Waals surface area contributed by atoms with E-state index in [0.29, 0.717) is 15.6 Å². The van der Waals surface area contributed by atoms with E-state index in [1.54, 1.807) is 30.3 Å². The third-order valence-electron chi connectivity index (χ3n) is 2.85. The zero-order valence-corrected chi connectivity index (χ0v) is 12.5. The maximum absolute atomic E-state index is 13.6. The first-order chi connectivity index (χ1) is 9.99. The molecule has 21 heavy (non-hydrogen) atoms. The van der Waals surface area contributed by atoms with E-state index in [1.807, 2.05) is 0 Å². The SMILES string of the molecule is NC(=O)c1cccc(CNC(=O)c2c(F)cccc2Br)c1. The van der Waals surface area contributed by atoms with Gasteiger partial charge in [0.05, 0.1) is 5.56 Å². The second-order valence-corrected chi connectivity index (χ2v) is 5.20. The molecule has 0 fully saturated rings. The van der Waals surface area contributed by atoms with E-state index in [1.165, 1.54) is 12.1 Å². The molecule has 108 valence electrons. The standard InChI is InChI=1S/C15H12BrFN2O2/c16-11-5-2-6-12(17)13(11)15(21)19-8-9-3-1-4-10(7-9)14(18)20/h1-7H,8H2,(H2,18,20)(H,19,21). The zero-order valence-electron chi connectivity index (χ0n) is 10.9. The largest absolute Gasteiger partial charge is 0.366 e. The molecule has 0 aromatic heterocycles. The second kappa shape index (κ2) is 6.49. The Morgan fingerprint density at radius 3 is 2.57 bits per heavy atom. The summed E-state index contributed by atoms with van der Waals surface area (Å²) in [7, 11) is 0. The number of hydrogen-bond donors (Lipinski definition) is 2. The van der Waals surface area contributed by atoms with E-state index < -0.39 is 17.6 Å². The highest BCUT2D eigenvalue weighted by Gasteiger charge is 2.15. The zero-order chi connectivity index (χ0) is 15.4. The number of hydrogen-bond acceptors (Lipinski definition) is 2. The summed E-state index contributed by atoms with van der Waals surface area (Å²) in [6.07, 6.45) is 0. The van der Waals surface area contributed by atoms with Gasteiger partial charge in [0, 0.05) is 16.6 Å². The Morgan fingerprint density at radius 2 is 1.90 bits per heavy atom. The van der Waals surface area contributed by atoms with E-state index in [0.717, 1.165) is 0 Å². The van der Waals surface area contributed by atoms with Crippen LogP contribution in [0.2, 0.25) is 0 Å². The number of nitrogens with two attached hydrogens (primary N) is 1. The van der Waals surface area contributed by atoms with Gasteiger partial charge in [-0.25, -0.2) is 4.39 Å². The molecule has 0 saturated carbocycles. The summed E-state index contributed by atoms with van der Waals surface area (Å²) < 4.78 is 14.0. The predicted molar refractivity (Wildman–Crippen MR) is 80.2 cm³/mol. The lowest BCUT2D eigenvalue weighted by molar-refractivity contribution is 0.0945. The molecular weight excluding hydrogens is 339 g/mol. The fourth-order valence-corrected chi connectivity index (χ4v) is 2.34. The minimum Gasteiger partial charge on any atom is -0.366 e. The quantitative estimate of drug-likeness (QED) is 0.889. The maximum Gasteiger partial charge on any atom is 0.255 e. The van der Waals surface area contributed by atoms with E-state index in [2.05, 4.69) is 21.2 Å². The van der Waals surface area contributed by atoms with Crippen LogP contribution in [0.4, 0.5) is 4.39 Å². The minimum atomic E-state index is -0.604. The number of nitrogens with one attached hydrogen (secondary N) is 1. The Bertz CT molecular complexity index is 684. The first kappa shape index (κ1) is 15.2. The monoisotopic (exact) mass is 350 g/mol. The lowest BCUT2D eigenvalue weighted by Crippen LogP contribution is -2.24. The van der Waals surface area contributed by atoms with Crippen molar-refractivity contribution >= 4 is 27.7 Å². The number of amides is 2. The van der Waals surface area contributed by atoms with E-state index in [4.69, 9.17) is 5.73 Å². The lowest BCUT2D eigenvalue weighted by Gasteiger charge is -2.08. The Morgan fingerprint density at radius 1 is 1.19 bits per heavy atom. The highest BCUT2D eigenvalue weighted by molar-refractivity contribution is 9.10. The van der Waals surface area contributed by atoms with Gasteiger partial charge in [-0.1, -0.05) is 18.2 Å². The van der Waals surface area contributed by atoms with Crippen LogP contribution < -0.4 is 11.1 Å². The van der Waals surface area contributed by atoms with Gasteiger partial charge in [-0.3, -0.25) is 9.59 Å². The summed E-state index contributed by atoms with van der Waals surface area (Å²) in [5, 5.41) is 2.60. The van der Waals surface area contributed by atoms with Gasteiger partial charge >= 0.3 is 0 Å². The molecule has 2 aromatic rings. The molecule has 0 saturated heterocycles. The molecule has 0 heterocycles. The summed E-state index contributed by atoms with van der Waals surface area (Å²) in [5.74, 6) is -1.68. The van der Waals surface area contributed by atoms with E-state index in [9.17, 15) is 14.0 Å². The average Bonchev–Trinajstić information content (AvgIpc) is 2.45. The van der Waals surface area contributed by atoms with Crippen molar-refractivity contribution in [2.45, 2.75) is 6.54 Å². The number of rotatable bonds is 4. The van der Waals surface area contributed by atoms with Crippen LogP contribution in [-0.2, 0) is 6.54 Å². The molecule has 2 rings (SSSR count). The van der Waals surface area contributed by atoms with Crippen LogP contribution in [0.1, 0.15) is 26.3 Å². The van der Waals surface area contributed by atoms with Gasteiger partial charge in [-0.15, -0.1) is 0 Å². The number of carbonyl (C=O) groups excluding carboxylic acids is 2. The summed E-state index contributed by atoms with van der Waals surface area (Å²) >= 11 is 3.14. The molecule has 2 aromatic carbocycles. The molecule has 3 N–H and O–H groups in total. The van der Waals surface area contributed by atoms with Crippen LogP contribution in [0.15, 0.2) is 46.9 Å². The molecular formula is C15H12BrFN2O2. The van der Waals surface area contributed by atoms with Crippen molar-refractivity contribution in [1.82, 2.24) is 5.32 Å². The van der Waals surface area contributed by atoms with E-state index in [-0.39, 0.29) is 12.1 Å². The molecule has 2 amide bonds. The maximum atomic E-state index is 13.6. The summed E-state index contributed by atoms with van der Waals surface area (Å²) in [4.78, 5) is 23.1. The van der Waals surface area contributed by atoms with Crippen molar-refractivity contribution in [2.75, 3.05) is 0 Å². The smallest absolute Gasteiger partial charge is 0.255 e. The molecule has 0 atom stereocenters. The Kier molecular flexibility index (Phi) is 4.70. The van der Waals surface area contributed by atoms with E-state index >= 15 is 0 Å². The van der Waals surface area contributed by atoms with Crippen molar-refractivity contribution in [3.8, 4) is 0 Å². The third-order valence-corrected chi connectivity index (χ3v) is 3.52. The van der Waals surface area contributed by atoms with Crippen molar-refractivity contribution in [2.24, 2.45) is 5.73 Å². The van der Waals surface area contributed by atoms with Crippen LogP contribution in [0.3, 0.4) is 0 Å². The number of benzene rings is 2. The van der Waals surface area contributed by atoms with Gasteiger partial charge in [0.15, 0.2) is 0 Å². The minimum absolute atomic E-state index is 0.0523. The fraction of sp³-hybridized carbons (Fsp3) is 0.0667. The van der Waals surface area contributed by atoms with Gasteiger partial charge in [-0.2, -0.15) is 0 Å². The first-order valence-electron chi connectivity index (χ1n) is 6.10. The topological polar surface area (TPSA) is 72.2 Å². The molecule has 0 spiro atoms. The Hall–Kier alpha value is -2.21. The number of carbonyl (C=O) groups is 2. The summed E-state index contributed by atoms with van der Waals surface area (Å²) in [6, 6.07) is 10.9. The molecule has 4 nitrogen and oxygen atoms in total. The number of halogens is 2. The van der Waals surface area contributed by atoms with Crippen molar-refractivity contribution in [3.63, 3.8) is 0 Å². The number of primary amides is 1. The lowest BCUT2D eigenvalue weighted by atomic mass is 10.1. The van der Waals surface area contributed by atoms with Gasteiger partial charge in [0.25, 0.3) is 5.91 Å². The summed E-state index contributed by atoms with van der Waals surface area (Å²) in [5.41, 5.74) is 6.19. The fourth-order valence-electron chi connectivity index (χ4n) is 1.82. The van der Waals surface area contributed by atoms with Gasteiger partial charge in [0.2, 0.25) is 5.91 Å². The van der Waals surface area contributed by atoms with Gasteiger partial charge in [0.1, 0.15) is 5.82 Å². The van der Waals surface area contributed by atoms with Crippen LogP contribution in [0, 0.1) is 5.82 Å². The van der Waals surface area contributed by atoms with Crippen LogP contribution in [0.25, 0.3) is 0 Å². The summed E-state index contributed by atoms with van der Waals surface area (Å²) in [6.45, 7) is 0.167. The van der Waals surface area contributed by atoms with Crippen LogP contribution >= 0.6 is 15.9 Å². The Balaban J connectivity index is 2.11. The first-order valence-corrected chi connectivity index (χ1v) is 6.89. The molecule has 0 aliphatic heterocycles. The van der Waals surface area contributed by atoms with Crippen molar-refractivity contribution < 1.29 is 14.0 Å². The van der Waals surface area contributed by atoms with Crippen LogP contribution in [-0.4, -0.2) is 11.8 Å². The molecule has 0 aliphatic rings. The molecule has 6 heteroatoms. The molecule has 0 aliphatic carbocycles. The van der Waals surface area contributed by atoms with Gasteiger partial charge < -0.3 is 11.1 Å². The predicted octanol–water partition coefficient (Wildman–Crippen LogP) is 2.62. The molecule has 0 bridgehead atoms. The highest BCUT2D eigenvalue weighted by Crippen LogP contribution is 2.19. The van der Waals surface area contributed by atoms with Crippen LogP contribution in [0.5, 0.6) is 0 Å². The normalized spacial score (nSPS) is 10.2.